The largest absolute Gasteiger partial charge is 0.462 e. The number of benzene rings is 2. The van der Waals surface area contributed by atoms with E-state index in [1.54, 1.807) is 42.2 Å². The average Bonchev–Trinajstić information content (AvgIpc) is 3.11. The molecule has 2 aromatic rings. The molecule has 7 heteroatoms. The lowest BCUT2D eigenvalue weighted by Crippen LogP contribution is -2.42. The summed E-state index contributed by atoms with van der Waals surface area (Å²) in [6.45, 7) is 2.54. The van der Waals surface area contributed by atoms with Crippen LogP contribution in [0.5, 0.6) is 0 Å². The third-order valence-corrected chi connectivity index (χ3v) is 4.52. The molecule has 3 rings (SSSR count). The fourth-order valence-electron chi connectivity index (χ4n) is 3.06. The second-order valence-corrected chi connectivity index (χ2v) is 6.38. The molecule has 0 aromatic heterocycles. The first-order valence-corrected chi connectivity index (χ1v) is 9.12. The molecule has 0 aliphatic carbocycles. The Bertz CT molecular complexity index is 882. The van der Waals surface area contributed by atoms with Gasteiger partial charge < -0.3 is 9.64 Å². The summed E-state index contributed by atoms with van der Waals surface area (Å²) in [5.41, 5.74) is 0.728. The Labute approximate surface area is 162 Å². The number of hydrogen-bond donors (Lipinski definition) is 0. The zero-order valence-electron chi connectivity index (χ0n) is 15.6. The quantitative estimate of drug-likeness (QED) is 0.717. The molecule has 1 saturated heterocycles. The lowest BCUT2D eigenvalue weighted by atomic mass is 10.1. The Morgan fingerprint density at radius 1 is 1.14 bits per heavy atom. The number of ether oxygens (including phenoxy) is 1. The van der Waals surface area contributed by atoms with Gasteiger partial charge in [-0.15, -0.1) is 0 Å². The summed E-state index contributed by atoms with van der Waals surface area (Å²) in [4.78, 5) is 39.8. The Balaban J connectivity index is 1.91. The van der Waals surface area contributed by atoms with Crippen LogP contribution in [0.3, 0.4) is 0 Å². The molecule has 1 fully saturated rings. The minimum absolute atomic E-state index is 0.0186. The Morgan fingerprint density at radius 2 is 1.86 bits per heavy atom. The van der Waals surface area contributed by atoms with Gasteiger partial charge in [-0.3, -0.25) is 14.5 Å². The molecule has 0 saturated carbocycles. The van der Waals surface area contributed by atoms with Crippen molar-refractivity contribution in [3.63, 3.8) is 0 Å². The molecule has 0 atom stereocenters. The molecule has 1 aliphatic heterocycles. The van der Waals surface area contributed by atoms with Crippen LogP contribution < -0.4 is 4.90 Å². The van der Waals surface area contributed by atoms with Crippen LogP contribution in [0.4, 0.5) is 10.1 Å². The molecular weight excluding hydrogens is 363 g/mol. The van der Waals surface area contributed by atoms with E-state index in [4.69, 9.17) is 4.74 Å². The van der Waals surface area contributed by atoms with E-state index in [1.165, 1.54) is 23.1 Å². The first-order chi connectivity index (χ1) is 13.5. The summed E-state index contributed by atoms with van der Waals surface area (Å²) in [6, 6.07) is 12.0. The lowest BCUT2D eigenvalue weighted by molar-refractivity contribution is -0.127. The molecular formula is C21H21FN2O4. The summed E-state index contributed by atoms with van der Waals surface area (Å²) < 4.78 is 19.1. The van der Waals surface area contributed by atoms with E-state index in [1.807, 2.05) is 0 Å². The van der Waals surface area contributed by atoms with Crippen molar-refractivity contribution in [1.29, 1.82) is 0 Å². The number of rotatable bonds is 6. The van der Waals surface area contributed by atoms with Gasteiger partial charge in [-0.1, -0.05) is 12.1 Å². The minimum atomic E-state index is -0.631. The second-order valence-electron chi connectivity index (χ2n) is 6.38. The van der Waals surface area contributed by atoms with Gasteiger partial charge in [-0.2, -0.15) is 0 Å². The van der Waals surface area contributed by atoms with Crippen LogP contribution in [0, 0.1) is 5.82 Å². The third kappa shape index (κ3) is 4.19. The fourth-order valence-corrected chi connectivity index (χ4v) is 3.06. The molecule has 0 spiro atoms. The molecule has 1 aliphatic rings. The maximum absolute atomic E-state index is 14.2. The maximum Gasteiger partial charge on any atom is 0.338 e. The first-order valence-electron chi connectivity index (χ1n) is 9.12. The van der Waals surface area contributed by atoms with Crippen molar-refractivity contribution in [2.75, 3.05) is 24.7 Å². The molecule has 28 heavy (non-hydrogen) atoms. The van der Waals surface area contributed by atoms with Gasteiger partial charge in [0.1, 0.15) is 12.5 Å². The number of anilines is 1. The molecule has 6 nitrogen and oxygen atoms in total. The number of nitrogens with zero attached hydrogens (tertiary/aromatic N) is 2. The van der Waals surface area contributed by atoms with E-state index in [9.17, 15) is 18.8 Å². The van der Waals surface area contributed by atoms with Crippen molar-refractivity contribution in [1.82, 2.24) is 4.90 Å². The molecule has 0 bridgehead atoms. The monoisotopic (exact) mass is 384 g/mol. The smallest absolute Gasteiger partial charge is 0.338 e. The SMILES string of the molecule is CCOC(=O)c1ccc(N(CN2CCCC2=O)C(=O)c2ccccc2F)cc1. The Morgan fingerprint density at radius 3 is 2.46 bits per heavy atom. The number of likely N-dealkylation sites (tertiary alicyclic amines) is 1. The van der Waals surface area contributed by atoms with Crippen molar-refractivity contribution < 1.29 is 23.5 Å². The van der Waals surface area contributed by atoms with Crippen molar-refractivity contribution in [3.8, 4) is 0 Å². The Kier molecular flexibility index (Phi) is 6.03. The van der Waals surface area contributed by atoms with Crippen molar-refractivity contribution in [3.05, 3.63) is 65.5 Å². The summed E-state index contributed by atoms with van der Waals surface area (Å²) in [5.74, 6) is -1.69. The summed E-state index contributed by atoms with van der Waals surface area (Å²) in [5, 5.41) is 0. The molecule has 2 amide bonds. The van der Waals surface area contributed by atoms with Crippen LogP contribution in [0.15, 0.2) is 48.5 Å². The van der Waals surface area contributed by atoms with Crippen LogP contribution in [0.1, 0.15) is 40.5 Å². The van der Waals surface area contributed by atoms with Gasteiger partial charge in [0.2, 0.25) is 5.91 Å². The van der Waals surface area contributed by atoms with E-state index >= 15 is 0 Å². The van der Waals surface area contributed by atoms with Gasteiger partial charge in [-0.05, 0) is 49.7 Å². The zero-order valence-corrected chi connectivity index (χ0v) is 15.6. The Hall–Kier alpha value is -3.22. The van der Waals surface area contributed by atoms with E-state index in [0.717, 1.165) is 6.42 Å². The predicted octanol–water partition coefficient (Wildman–Crippen LogP) is 3.23. The van der Waals surface area contributed by atoms with E-state index < -0.39 is 17.7 Å². The van der Waals surface area contributed by atoms with Crippen LogP contribution in [-0.2, 0) is 9.53 Å². The van der Waals surface area contributed by atoms with Crippen molar-refractivity contribution >= 4 is 23.5 Å². The number of carbonyl (C=O) groups is 3. The average molecular weight is 384 g/mol. The highest BCUT2D eigenvalue weighted by Gasteiger charge is 2.27. The highest BCUT2D eigenvalue weighted by Crippen LogP contribution is 2.22. The van der Waals surface area contributed by atoms with Crippen LogP contribution in [0.25, 0.3) is 0 Å². The number of hydrogen-bond acceptors (Lipinski definition) is 4. The highest BCUT2D eigenvalue weighted by atomic mass is 19.1. The van der Waals surface area contributed by atoms with Crippen LogP contribution >= 0.6 is 0 Å². The van der Waals surface area contributed by atoms with Gasteiger partial charge in [0, 0.05) is 18.7 Å². The number of carbonyl (C=O) groups excluding carboxylic acids is 3. The summed E-state index contributed by atoms with van der Waals surface area (Å²) in [7, 11) is 0. The lowest BCUT2D eigenvalue weighted by Gasteiger charge is -2.28. The van der Waals surface area contributed by atoms with Gasteiger partial charge in [-0.25, -0.2) is 9.18 Å². The molecule has 146 valence electrons. The molecule has 0 radical (unpaired) electrons. The van der Waals surface area contributed by atoms with E-state index in [-0.39, 0.29) is 24.7 Å². The first kappa shape index (κ1) is 19.5. The standard InChI is InChI=1S/C21H21FN2O4/c1-2-28-21(27)15-9-11-16(12-10-15)24(14-23-13-5-8-19(23)25)20(26)17-6-3-4-7-18(17)22/h3-4,6-7,9-12H,2,5,8,13-14H2,1H3. The van der Waals surface area contributed by atoms with Gasteiger partial charge in [0.25, 0.3) is 5.91 Å². The number of amides is 2. The third-order valence-electron chi connectivity index (χ3n) is 4.52. The van der Waals surface area contributed by atoms with E-state index in [0.29, 0.717) is 24.2 Å². The maximum atomic E-state index is 14.2. The fraction of sp³-hybridized carbons (Fsp3) is 0.286. The number of halogens is 1. The van der Waals surface area contributed by atoms with E-state index in [2.05, 4.69) is 0 Å². The normalized spacial score (nSPS) is 13.5. The van der Waals surface area contributed by atoms with Crippen LogP contribution in [0.2, 0.25) is 0 Å². The topological polar surface area (TPSA) is 66.9 Å². The summed E-state index contributed by atoms with van der Waals surface area (Å²) >= 11 is 0. The minimum Gasteiger partial charge on any atom is -0.462 e. The molecule has 0 unspecified atom stereocenters. The summed E-state index contributed by atoms with van der Waals surface area (Å²) in [6.07, 6.45) is 1.16. The second kappa shape index (κ2) is 8.65. The highest BCUT2D eigenvalue weighted by molar-refractivity contribution is 6.06. The van der Waals surface area contributed by atoms with Crippen molar-refractivity contribution in [2.45, 2.75) is 19.8 Å². The number of esters is 1. The van der Waals surface area contributed by atoms with Crippen molar-refractivity contribution in [2.24, 2.45) is 0 Å². The van der Waals surface area contributed by atoms with Crippen LogP contribution in [-0.4, -0.2) is 42.5 Å². The van der Waals surface area contributed by atoms with Gasteiger partial charge >= 0.3 is 5.97 Å². The molecule has 0 N–H and O–H groups in total. The molecule has 1 heterocycles. The molecule has 2 aromatic carbocycles. The van der Waals surface area contributed by atoms with Gasteiger partial charge in [0.15, 0.2) is 0 Å². The predicted molar refractivity (Wildman–Crippen MR) is 101 cm³/mol. The zero-order chi connectivity index (χ0) is 20.1. The van der Waals surface area contributed by atoms with Gasteiger partial charge in [0.05, 0.1) is 17.7 Å².